The average Bonchev–Trinajstić information content (AvgIpc) is 2.88. The van der Waals surface area contributed by atoms with Gasteiger partial charge in [-0.05, 0) is 53.6 Å². The van der Waals surface area contributed by atoms with Crippen LogP contribution >= 0.6 is 0 Å². The lowest BCUT2D eigenvalue weighted by molar-refractivity contribution is -0.111. The summed E-state index contributed by atoms with van der Waals surface area (Å²) in [6, 6.07) is 23.5. The van der Waals surface area contributed by atoms with Gasteiger partial charge in [-0.1, -0.05) is 42.5 Å². The fraction of sp³-hybridized carbons (Fsp3) is 0.192. The van der Waals surface area contributed by atoms with Crippen molar-refractivity contribution >= 4 is 27.7 Å². The maximum absolute atomic E-state index is 12.7. The maximum Gasteiger partial charge on any atom is 0.248 e. The van der Waals surface area contributed by atoms with Crippen molar-refractivity contribution in [3.05, 3.63) is 96.1 Å². The van der Waals surface area contributed by atoms with Crippen LogP contribution in [0.25, 0.3) is 6.08 Å². The Labute approximate surface area is 199 Å². The molecule has 176 valence electrons. The fourth-order valence-corrected chi connectivity index (χ4v) is 4.83. The van der Waals surface area contributed by atoms with Gasteiger partial charge in [0.15, 0.2) is 0 Å². The van der Waals surface area contributed by atoms with Crippen LogP contribution in [0.3, 0.4) is 0 Å². The molecule has 0 bridgehead atoms. The molecule has 1 saturated heterocycles. The molecule has 0 spiro atoms. The molecule has 0 aliphatic carbocycles. The molecule has 8 heteroatoms. The van der Waals surface area contributed by atoms with Gasteiger partial charge < -0.3 is 14.8 Å². The molecule has 7 nitrogen and oxygen atoms in total. The first kappa shape index (κ1) is 23.7. The van der Waals surface area contributed by atoms with Crippen molar-refractivity contribution in [2.75, 3.05) is 31.6 Å². The minimum absolute atomic E-state index is 0.227. The SMILES string of the molecule is O=C(C=Cc1ccc(S(=O)(=O)N2CCOCC2)cc1)Nc1ccc(OCc2ccccc2)cc1. The Balaban J connectivity index is 1.29. The van der Waals surface area contributed by atoms with Crippen LogP contribution in [-0.2, 0) is 26.2 Å². The van der Waals surface area contributed by atoms with Crippen LogP contribution in [0, 0.1) is 0 Å². The van der Waals surface area contributed by atoms with Crippen molar-refractivity contribution in [1.82, 2.24) is 4.31 Å². The number of morpholine rings is 1. The standard InChI is InChI=1S/C26H26N2O5S/c29-26(27-23-9-11-24(12-10-23)33-20-22-4-2-1-3-5-22)15-8-21-6-13-25(14-7-21)34(30,31)28-16-18-32-19-17-28/h1-15H,16-20H2,(H,27,29). The number of nitrogens with zero attached hydrogens (tertiary/aromatic N) is 1. The highest BCUT2D eigenvalue weighted by molar-refractivity contribution is 7.89. The Morgan fingerprint density at radius 1 is 0.941 bits per heavy atom. The largest absolute Gasteiger partial charge is 0.489 e. The topological polar surface area (TPSA) is 84.9 Å². The molecule has 1 amide bonds. The second kappa shape index (κ2) is 11.1. The average molecular weight is 479 g/mol. The number of hydrogen-bond acceptors (Lipinski definition) is 5. The summed E-state index contributed by atoms with van der Waals surface area (Å²) in [4.78, 5) is 12.5. The van der Waals surface area contributed by atoms with Crippen molar-refractivity contribution < 1.29 is 22.7 Å². The van der Waals surface area contributed by atoms with Crippen LogP contribution in [0.4, 0.5) is 5.69 Å². The minimum atomic E-state index is -3.53. The Hall–Kier alpha value is -3.46. The number of hydrogen-bond donors (Lipinski definition) is 1. The highest BCUT2D eigenvalue weighted by Crippen LogP contribution is 2.19. The number of carbonyl (C=O) groups excluding carboxylic acids is 1. The summed E-state index contributed by atoms with van der Waals surface area (Å²) < 4.78 is 37.8. The number of carbonyl (C=O) groups is 1. The summed E-state index contributed by atoms with van der Waals surface area (Å²) >= 11 is 0. The predicted octanol–water partition coefficient (Wildman–Crippen LogP) is 3.94. The monoisotopic (exact) mass is 478 g/mol. The lowest BCUT2D eigenvalue weighted by atomic mass is 10.2. The summed E-state index contributed by atoms with van der Waals surface area (Å²) in [6.07, 6.45) is 3.04. The molecule has 0 unspecified atom stereocenters. The lowest BCUT2D eigenvalue weighted by Gasteiger charge is -2.26. The molecular formula is C26H26N2O5S. The van der Waals surface area contributed by atoms with E-state index in [9.17, 15) is 13.2 Å². The number of nitrogens with one attached hydrogen (secondary N) is 1. The van der Waals surface area contributed by atoms with Crippen molar-refractivity contribution in [2.24, 2.45) is 0 Å². The van der Waals surface area contributed by atoms with Crippen molar-refractivity contribution in [3.63, 3.8) is 0 Å². The van der Waals surface area contributed by atoms with Gasteiger partial charge in [0, 0.05) is 24.9 Å². The number of ether oxygens (including phenoxy) is 2. The molecular weight excluding hydrogens is 452 g/mol. The first-order chi connectivity index (χ1) is 16.5. The fourth-order valence-electron chi connectivity index (χ4n) is 3.42. The van der Waals surface area contributed by atoms with Gasteiger partial charge in [0.05, 0.1) is 18.1 Å². The summed E-state index contributed by atoms with van der Waals surface area (Å²) in [5.41, 5.74) is 2.45. The first-order valence-corrected chi connectivity index (χ1v) is 12.4. The number of benzene rings is 3. The van der Waals surface area contributed by atoms with E-state index in [1.54, 1.807) is 54.6 Å². The molecule has 1 N–H and O–H groups in total. The second-order valence-corrected chi connectivity index (χ2v) is 9.64. The Bertz CT molecular complexity index is 1220. The zero-order chi connectivity index (χ0) is 23.8. The minimum Gasteiger partial charge on any atom is -0.489 e. The number of anilines is 1. The van der Waals surface area contributed by atoms with Crippen LogP contribution in [0.15, 0.2) is 89.8 Å². The van der Waals surface area contributed by atoms with Crippen LogP contribution in [0.2, 0.25) is 0 Å². The van der Waals surface area contributed by atoms with Crippen LogP contribution < -0.4 is 10.1 Å². The second-order valence-electron chi connectivity index (χ2n) is 7.71. The molecule has 0 radical (unpaired) electrons. The molecule has 3 aromatic carbocycles. The Morgan fingerprint density at radius 2 is 1.62 bits per heavy atom. The molecule has 1 aliphatic heterocycles. The third-order valence-corrected chi connectivity index (χ3v) is 7.20. The van der Waals surface area contributed by atoms with Crippen molar-refractivity contribution in [3.8, 4) is 5.75 Å². The van der Waals surface area contributed by atoms with E-state index in [2.05, 4.69) is 5.32 Å². The van der Waals surface area contributed by atoms with E-state index >= 15 is 0 Å². The molecule has 1 heterocycles. The van der Waals surface area contributed by atoms with Gasteiger partial charge in [-0.3, -0.25) is 4.79 Å². The molecule has 0 atom stereocenters. The van der Waals surface area contributed by atoms with Crippen LogP contribution in [-0.4, -0.2) is 44.9 Å². The lowest BCUT2D eigenvalue weighted by Crippen LogP contribution is -2.40. The van der Waals surface area contributed by atoms with E-state index in [1.165, 1.54) is 10.4 Å². The predicted molar refractivity (Wildman–Crippen MR) is 131 cm³/mol. The van der Waals surface area contributed by atoms with E-state index in [1.807, 2.05) is 30.3 Å². The molecule has 4 rings (SSSR count). The third-order valence-electron chi connectivity index (χ3n) is 5.29. The maximum atomic E-state index is 12.7. The van der Waals surface area contributed by atoms with Crippen LogP contribution in [0.5, 0.6) is 5.75 Å². The normalized spacial score (nSPS) is 14.7. The van der Waals surface area contributed by atoms with Gasteiger partial charge in [0.2, 0.25) is 15.9 Å². The molecule has 34 heavy (non-hydrogen) atoms. The van der Waals surface area contributed by atoms with Gasteiger partial charge in [-0.2, -0.15) is 4.31 Å². The van der Waals surface area contributed by atoms with E-state index in [0.29, 0.717) is 44.3 Å². The van der Waals surface area contributed by atoms with E-state index in [-0.39, 0.29) is 10.8 Å². The quantitative estimate of drug-likeness (QED) is 0.496. The smallest absolute Gasteiger partial charge is 0.248 e. The third kappa shape index (κ3) is 6.32. The van der Waals surface area contributed by atoms with Gasteiger partial charge in [-0.25, -0.2) is 8.42 Å². The number of rotatable bonds is 8. The molecule has 1 aliphatic rings. The van der Waals surface area contributed by atoms with Gasteiger partial charge in [0.1, 0.15) is 12.4 Å². The molecule has 1 fully saturated rings. The highest BCUT2D eigenvalue weighted by Gasteiger charge is 2.25. The van der Waals surface area contributed by atoms with Crippen molar-refractivity contribution in [2.45, 2.75) is 11.5 Å². The summed E-state index contributed by atoms with van der Waals surface area (Å²) in [5, 5.41) is 2.80. The molecule has 0 saturated carbocycles. The van der Waals surface area contributed by atoms with Crippen LogP contribution in [0.1, 0.15) is 11.1 Å². The Kier molecular flexibility index (Phi) is 7.74. The van der Waals surface area contributed by atoms with Crippen molar-refractivity contribution in [1.29, 1.82) is 0 Å². The van der Waals surface area contributed by atoms with E-state index < -0.39 is 10.0 Å². The summed E-state index contributed by atoms with van der Waals surface area (Å²) in [5.74, 6) is 0.424. The van der Waals surface area contributed by atoms with E-state index in [0.717, 1.165) is 11.1 Å². The molecule has 0 aromatic heterocycles. The summed E-state index contributed by atoms with van der Waals surface area (Å²) in [7, 11) is -3.53. The Morgan fingerprint density at radius 3 is 2.29 bits per heavy atom. The summed E-state index contributed by atoms with van der Waals surface area (Å²) in [6.45, 7) is 1.98. The number of sulfonamides is 1. The van der Waals surface area contributed by atoms with Gasteiger partial charge >= 0.3 is 0 Å². The molecule has 3 aromatic rings. The number of amides is 1. The zero-order valence-corrected chi connectivity index (χ0v) is 19.4. The van der Waals surface area contributed by atoms with Gasteiger partial charge in [-0.15, -0.1) is 0 Å². The zero-order valence-electron chi connectivity index (χ0n) is 18.6. The van der Waals surface area contributed by atoms with E-state index in [4.69, 9.17) is 9.47 Å². The highest BCUT2D eigenvalue weighted by atomic mass is 32.2. The van der Waals surface area contributed by atoms with Gasteiger partial charge in [0.25, 0.3) is 0 Å². The first-order valence-electron chi connectivity index (χ1n) is 10.9.